The van der Waals surface area contributed by atoms with E-state index in [9.17, 15) is 23.5 Å². The summed E-state index contributed by atoms with van der Waals surface area (Å²) in [6.07, 6.45) is 2.92. The van der Waals surface area contributed by atoms with Gasteiger partial charge in [-0.2, -0.15) is 9.78 Å². The van der Waals surface area contributed by atoms with E-state index in [-0.39, 0.29) is 18.6 Å². The molecule has 0 saturated heterocycles. The van der Waals surface area contributed by atoms with E-state index < -0.39 is 35.2 Å². The van der Waals surface area contributed by atoms with Gasteiger partial charge >= 0.3 is 6.03 Å². The number of anilines is 1. The smallest absolute Gasteiger partial charge is 0.342 e. The molecule has 1 atom stereocenters. The maximum absolute atomic E-state index is 13.9. The summed E-state index contributed by atoms with van der Waals surface area (Å²) < 4.78 is 33.8. The summed E-state index contributed by atoms with van der Waals surface area (Å²) in [5.74, 6) is 4.26. The van der Waals surface area contributed by atoms with E-state index in [1.807, 2.05) is 0 Å². The van der Waals surface area contributed by atoms with Crippen molar-refractivity contribution in [2.24, 2.45) is 0 Å². The molecule has 4 rings (SSSR count). The van der Waals surface area contributed by atoms with Gasteiger partial charge in [-0.15, -0.1) is 0 Å². The number of rotatable bonds is 3. The molecule has 2 amide bonds. The van der Waals surface area contributed by atoms with Crippen LogP contribution in [0.3, 0.4) is 0 Å². The number of nitrogens with one attached hydrogen (secondary N) is 1. The lowest BCUT2D eigenvalue weighted by atomic mass is 10.1. The quantitative estimate of drug-likeness (QED) is 0.546. The zero-order valence-electron chi connectivity index (χ0n) is 19.9. The molecule has 36 heavy (non-hydrogen) atoms. The summed E-state index contributed by atoms with van der Waals surface area (Å²) in [6, 6.07) is 6.67. The van der Waals surface area contributed by atoms with Gasteiger partial charge in [-0.3, -0.25) is 4.79 Å². The number of fused-ring (bicyclic) bond motifs is 1. The molecular formula is C26H24F2N4O4. The van der Waals surface area contributed by atoms with Gasteiger partial charge in [0.1, 0.15) is 35.6 Å². The lowest BCUT2D eigenvalue weighted by Crippen LogP contribution is -2.50. The predicted molar refractivity (Wildman–Crippen MR) is 128 cm³/mol. The maximum Gasteiger partial charge on any atom is 0.342 e. The highest BCUT2D eigenvalue weighted by Crippen LogP contribution is 2.31. The first-order chi connectivity index (χ1) is 17.0. The Morgan fingerprint density at radius 3 is 2.78 bits per heavy atom. The Bertz CT molecular complexity index is 1380. The molecule has 0 fully saturated rings. The van der Waals surface area contributed by atoms with Gasteiger partial charge in [0.05, 0.1) is 11.9 Å². The number of aromatic nitrogens is 2. The van der Waals surface area contributed by atoms with Crippen molar-refractivity contribution in [3.63, 3.8) is 0 Å². The first-order valence-electron chi connectivity index (χ1n) is 11.1. The highest BCUT2D eigenvalue weighted by molar-refractivity contribution is 6.00. The Morgan fingerprint density at radius 2 is 2.06 bits per heavy atom. The van der Waals surface area contributed by atoms with Crippen LogP contribution in [0.4, 0.5) is 19.3 Å². The van der Waals surface area contributed by atoms with Gasteiger partial charge in [0, 0.05) is 31.3 Å². The van der Waals surface area contributed by atoms with Crippen LogP contribution in [0.1, 0.15) is 30.5 Å². The first-order valence-corrected chi connectivity index (χ1v) is 11.1. The van der Waals surface area contributed by atoms with Crippen molar-refractivity contribution in [2.45, 2.75) is 31.9 Å². The minimum absolute atomic E-state index is 0.106. The molecule has 0 bridgehead atoms. The number of hydrogen-bond donors (Lipinski definition) is 2. The van der Waals surface area contributed by atoms with Crippen molar-refractivity contribution in [3.8, 4) is 17.6 Å². The normalized spacial score (nSPS) is 15.3. The van der Waals surface area contributed by atoms with Crippen LogP contribution in [0.5, 0.6) is 5.75 Å². The molecule has 2 aromatic carbocycles. The summed E-state index contributed by atoms with van der Waals surface area (Å²) in [5, 5.41) is 16.4. The van der Waals surface area contributed by atoms with Crippen molar-refractivity contribution in [1.82, 2.24) is 15.1 Å². The molecule has 1 aliphatic rings. The Morgan fingerprint density at radius 1 is 1.28 bits per heavy atom. The average Bonchev–Trinajstić information content (AvgIpc) is 3.25. The molecule has 10 heteroatoms. The van der Waals surface area contributed by atoms with Gasteiger partial charge in [0.25, 0.3) is 5.91 Å². The summed E-state index contributed by atoms with van der Waals surface area (Å²) in [7, 11) is 1.56. The van der Waals surface area contributed by atoms with E-state index >= 15 is 0 Å². The highest BCUT2D eigenvalue weighted by atomic mass is 19.1. The van der Waals surface area contributed by atoms with Crippen molar-refractivity contribution in [1.29, 1.82) is 0 Å². The van der Waals surface area contributed by atoms with E-state index in [1.165, 1.54) is 23.4 Å². The fourth-order valence-electron chi connectivity index (χ4n) is 3.57. The Labute approximate surface area is 206 Å². The molecule has 2 heterocycles. The summed E-state index contributed by atoms with van der Waals surface area (Å²) in [5.41, 5.74) is 0.684. The van der Waals surface area contributed by atoms with Crippen molar-refractivity contribution >= 4 is 17.6 Å². The van der Waals surface area contributed by atoms with Crippen LogP contribution >= 0.6 is 0 Å². The SMILES string of the molecule is CN1C(=O)[C@@H](NC(=O)n2cc(Cc3ccc(F)cc3F)cn2)COc2ccc(C#CC(C)(C)O)cc21. The van der Waals surface area contributed by atoms with Crippen LogP contribution in [0.15, 0.2) is 48.8 Å². The van der Waals surface area contributed by atoms with E-state index in [0.717, 1.165) is 16.8 Å². The van der Waals surface area contributed by atoms with Crippen molar-refractivity contribution in [3.05, 3.63) is 77.1 Å². The molecule has 0 spiro atoms. The number of nitrogens with zero attached hydrogens (tertiary/aromatic N) is 3. The van der Waals surface area contributed by atoms with E-state index in [1.54, 1.807) is 39.1 Å². The van der Waals surface area contributed by atoms with E-state index in [4.69, 9.17) is 4.74 Å². The molecule has 0 unspecified atom stereocenters. The van der Waals surface area contributed by atoms with Crippen LogP contribution < -0.4 is 15.0 Å². The summed E-state index contributed by atoms with van der Waals surface area (Å²) in [4.78, 5) is 27.2. The number of carbonyl (C=O) groups is 2. The van der Waals surface area contributed by atoms with Gasteiger partial charge in [0.15, 0.2) is 0 Å². The number of aliphatic hydroxyl groups is 1. The number of carbonyl (C=O) groups excluding carboxylic acids is 2. The Balaban J connectivity index is 1.46. The molecule has 1 aromatic heterocycles. The third-order valence-electron chi connectivity index (χ3n) is 5.42. The fraction of sp³-hybridized carbons (Fsp3) is 0.269. The van der Waals surface area contributed by atoms with Crippen LogP contribution in [0.25, 0.3) is 0 Å². The lowest BCUT2D eigenvalue weighted by Gasteiger charge is -2.20. The third kappa shape index (κ3) is 5.70. The molecule has 186 valence electrons. The monoisotopic (exact) mass is 494 g/mol. The zero-order valence-corrected chi connectivity index (χ0v) is 19.9. The standard InChI is InChI=1S/C26H24F2N4O4/c1-26(2,35)9-8-16-4-7-23-22(11-16)31(3)24(33)21(15-36-23)30-25(34)32-14-17(13-29-32)10-18-5-6-19(27)12-20(18)28/h4-7,11-14,21,35H,10,15H2,1-3H3,(H,30,34)/t21-/m0/s1. The molecular weight excluding hydrogens is 470 g/mol. The van der Waals surface area contributed by atoms with Gasteiger partial charge in [0.2, 0.25) is 0 Å². The van der Waals surface area contributed by atoms with Crippen LogP contribution in [0.2, 0.25) is 0 Å². The second-order valence-corrected chi connectivity index (χ2v) is 8.91. The molecule has 2 N–H and O–H groups in total. The number of halogens is 2. The van der Waals surface area contributed by atoms with Gasteiger partial charge in [-0.1, -0.05) is 17.9 Å². The Hall–Kier alpha value is -4.23. The number of amides is 2. The van der Waals surface area contributed by atoms with E-state index in [0.29, 0.717) is 22.6 Å². The molecule has 0 radical (unpaired) electrons. The highest BCUT2D eigenvalue weighted by Gasteiger charge is 2.31. The Kier molecular flexibility index (Phi) is 6.77. The molecule has 0 saturated carbocycles. The van der Waals surface area contributed by atoms with Gasteiger partial charge in [-0.05, 0) is 49.2 Å². The molecule has 8 nitrogen and oxygen atoms in total. The molecule has 0 aliphatic carbocycles. The second kappa shape index (κ2) is 9.79. The van der Waals surface area contributed by atoms with Gasteiger partial charge < -0.3 is 20.1 Å². The molecule has 1 aliphatic heterocycles. The number of ether oxygens (including phenoxy) is 1. The number of likely N-dealkylation sites (N-methyl/N-ethyl adjacent to an activating group) is 1. The zero-order chi connectivity index (χ0) is 26.0. The summed E-state index contributed by atoms with van der Waals surface area (Å²) >= 11 is 0. The lowest BCUT2D eigenvalue weighted by molar-refractivity contribution is -0.120. The van der Waals surface area contributed by atoms with Crippen LogP contribution in [-0.4, -0.2) is 52.1 Å². The van der Waals surface area contributed by atoms with Crippen molar-refractivity contribution in [2.75, 3.05) is 18.6 Å². The second-order valence-electron chi connectivity index (χ2n) is 8.91. The topological polar surface area (TPSA) is 96.7 Å². The molecule has 3 aromatic rings. The van der Waals surface area contributed by atoms with Crippen LogP contribution in [-0.2, 0) is 11.2 Å². The maximum atomic E-state index is 13.9. The third-order valence-corrected chi connectivity index (χ3v) is 5.42. The predicted octanol–water partition coefficient (Wildman–Crippen LogP) is 2.86. The number of benzene rings is 2. The van der Waals surface area contributed by atoms with E-state index in [2.05, 4.69) is 22.3 Å². The first kappa shape index (κ1) is 24.9. The summed E-state index contributed by atoms with van der Waals surface area (Å²) in [6.45, 7) is 3.03. The minimum atomic E-state index is -1.17. The van der Waals surface area contributed by atoms with Crippen molar-refractivity contribution < 1.29 is 28.2 Å². The minimum Gasteiger partial charge on any atom is -0.489 e. The fourth-order valence-corrected chi connectivity index (χ4v) is 3.57. The average molecular weight is 494 g/mol. The largest absolute Gasteiger partial charge is 0.489 e. The van der Waals surface area contributed by atoms with Crippen LogP contribution in [0, 0.1) is 23.5 Å². The number of hydrogen-bond acceptors (Lipinski definition) is 5. The van der Waals surface area contributed by atoms with Gasteiger partial charge in [-0.25, -0.2) is 13.6 Å².